The maximum atomic E-state index is 12.3. The lowest BCUT2D eigenvalue weighted by atomic mass is 9.98. The van der Waals surface area contributed by atoms with Crippen LogP contribution in [-0.2, 0) is 9.59 Å². The highest BCUT2D eigenvalue weighted by atomic mass is 16.4. The summed E-state index contributed by atoms with van der Waals surface area (Å²) in [6.07, 6.45) is 4.09. The van der Waals surface area contributed by atoms with Gasteiger partial charge < -0.3 is 15.3 Å². The largest absolute Gasteiger partial charge is 0.481 e. The quantitative estimate of drug-likeness (QED) is 0.732. The SMILES string of the molecule is O=C(O)CCN(C(=O)C1CCCNC1)C1CC1. The Bertz CT molecular complexity index is 296. The van der Waals surface area contributed by atoms with E-state index in [-0.39, 0.29) is 18.2 Å². The van der Waals surface area contributed by atoms with Gasteiger partial charge in [0.05, 0.1) is 12.3 Å². The summed E-state index contributed by atoms with van der Waals surface area (Å²) in [4.78, 5) is 24.7. The molecule has 1 aliphatic heterocycles. The molecule has 1 unspecified atom stereocenters. The Labute approximate surface area is 101 Å². The van der Waals surface area contributed by atoms with Gasteiger partial charge in [0.1, 0.15) is 0 Å². The summed E-state index contributed by atoms with van der Waals surface area (Å²) in [7, 11) is 0. The molecule has 96 valence electrons. The second kappa shape index (κ2) is 5.49. The first kappa shape index (κ1) is 12.4. The molecule has 0 aromatic rings. The number of rotatable bonds is 5. The maximum Gasteiger partial charge on any atom is 0.305 e. The van der Waals surface area contributed by atoms with Crippen LogP contribution in [0.1, 0.15) is 32.1 Å². The minimum Gasteiger partial charge on any atom is -0.481 e. The molecule has 0 radical (unpaired) electrons. The van der Waals surface area contributed by atoms with E-state index in [1.54, 1.807) is 4.90 Å². The number of carbonyl (C=O) groups excluding carboxylic acids is 1. The Kier molecular flexibility index (Phi) is 3.99. The van der Waals surface area contributed by atoms with Crippen molar-refractivity contribution in [3.63, 3.8) is 0 Å². The fourth-order valence-corrected chi connectivity index (χ4v) is 2.37. The smallest absolute Gasteiger partial charge is 0.305 e. The van der Waals surface area contributed by atoms with Crippen molar-refractivity contribution < 1.29 is 14.7 Å². The van der Waals surface area contributed by atoms with Gasteiger partial charge in [-0.1, -0.05) is 0 Å². The monoisotopic (exact) mass is 240 g/mol. The highest BCUT2D eigenvalue weighted by Crippen LogP contribution is 2.29. The number of carbonyl (C=O) groups is 2. The van der Waals surface area contributed by atoms with Crippen molar-refractivity contribution in [2.24, 2.45) is 5.92 Å². The lowest BCUT2D eigenvalue weighted by Gasteiger charge is -2.29. The first-order chi connectivity index (χ1) is 8.18. The molecule has 1 aliphatic carbocycles. The van der Waals surface area contributed by atoms with Crippen molar-refractivity contribution in [1.82, 2.24) is 10.2 Å². The number of hydrogen-bond donors (Lipinski definition) is 2. The fourth-order valence-electron chi connectivity index (χ4n) is 2.37. The molecule has 2 fully saturated rings. The molecule has 1 atom stereocenters. The second-order valence-corrected chi connectivity index (χ2v) is 4.95. The van der Waals surface area contributed by atoms with Crippen LogP contribution in [0.2, 0.25) is 0 Å². The van der Waals surface area contributed by atoms with Gasteiger partial charge in [0, 0.05) is 19.1 Å². The van der Waals surface area contributed by atoms with Crippen LogP contribution in [0.5, 0.6) is 0 Å². The first-order valence-electron chi connectivity index (χ1n) is 6.41. The van der Waals surface area contributed by atoms with Crippen LogP contribution in [0, 0.1) is 5.92 Å². The maximum absolute atomic E-state index is 12.3. The molecule has 5 nitrogen and oxygen atoms in total. The molecule has 0 aromatic heterocycles. The standard InChI is InChI=1S/C12H20N2O3/c15-11(16)5-7-14(10-3-4-10)12(17)9-2-1-6-13-8-9/h9-10,13H,1-8H2,(H,15,16). The topological polar surface area (TPSA) is 69.6 Å². The lowest BCUT2D eigenvalue weighted by molar-refractivity contribution is -0.140. The normalized spacial score (nSPS) is 24.4. The van der Waals surface area contributed by atoms with Crippen molar-refractivity contribution in [2.75, 3.05) is 19.6 Å². The van der Waals surface area contributed by atoms with Crippen molar-refractivity contribution in [3.8, 4) is 0 Å². The summed E-state index contributed by atoms with van der Waals surface area (Å²) in [5.74, 6) is -0.621. The van der Waals surface area contributed by atoms with Gasteiger partial charge in [-0.2, -0.15) is 0 Å². The Morgan fingerprint density at radius 1 is 1.29 bits per heavy atom. The van der Waals surface area contributed by atoms with Crippen LogP contribution < -0.4 is 5.32 Å². The van der Waals surface area contributed by atoms with Crippen LogP contribution in [0.4, 0.5) is 0 Å². The van der Waals surface area contributed by atoms with E-state index in [4.69, 9.17) is 5.11 Å². The Morgan fingerprint density at radius 2 is 2.06 bits per heavy atom. The predicted octanol–water partition coefficient (Wildman–Crippen LogP) is 0.452. The van der Waals surface area contributed by atoms with Crippen molar-refractivity contribution in [2.45, 2.75) is 38.1 Å². The van der Waals surface area contributed by atoms with E-state index in [0.29, 0.717) is 12.6 Å². The van der Waals surface area contributed by atoms with Crippen LogP contribution >= 0.6 is 0 Å². The third kappa shape index (κ3) is 3.43. The van der Waals surface area contributed by atoms with Crippen molar-refractivity contribution in [3.05, 3.63) is 0 Å². The third-order valence-corrected chi connectivity index (χ3v) is 3.48. The van der Waals surface area contributed by atoms with E-state index in [1.807, 2.05) is 0 Å². The van der Waals surface area contributed by atoms with E-state index in [2.05, 4.69) is 5.32 Å². The van der Waals surface area contributed by atoms with E-state index >= 15 is 0 Å². The number of nitrogens with zero attached hydrogens (tertiary/aromatic N) is 1. The molecule has 1 saturated heterocycles. The molecule has 1 heterocycles. The van der Waals surface area contributed by atoms with E-state index in [0.717, 1.165) is 38.8 Å². The molecule has 17 heavy (non-hydrogen) atoms. The fraction of sp³-hybridized carbons (Fsp3) is 0.833. The molecule has 2 N–H and O–H groups in total. The Balaban J connectivity index is 1.89. The van der Waals surface area contributed by atoms with Gasteiger partial charge in [0.25, 0.3) is 0 Å². The minimum absolute atomic E-state index is 0.0538. The minimum atomic E-state index is -0.829. The number of hydrogen-bond acceptors (Lipinski definition) is 3. The molecular formula is C12H20N2O3. The van der Waals surface area contributed by atoms with Crippen LogP contribution in [0.3, 0.4) is 0 Å². The first-order valence-corrected chi connectivity index (χ1v) is 6.41. The van der Waals surface area contributed by atoms with E-state index < -0.39 is 5.97 Å². The number of aliphatic carboxylic acids is 1. The number of nitrogens with one attached hydrogen (secondary N) is 1. The highest BCUT2D eigenvalue weighted by molar-refractivity contribution is 5.80. The summed E-state index contributed by atoms with van der Waals surface area (Å²) >= 11 is 0. The molecular weight excluding hydrogens is 220 g/mol. The van der Waals surface area contributed by atoms with E-state index in [1.165, 1.54) is 0 Å². The molecule has 0 aromatic carbocycles. The van der Waals surface area contributed by atoms with Gasteiger partial charge in [-0.3, -0.25) is 9.59 Å². The highest BCUT2D eigenvalue weighted by Gasteiger charge is 2.36. The molecule has 2 rings (SSSR count). The Hall–Kier alpha value is -1.10. The number of amides is 1. The molecule has 1 saturated carbocycles. The molecule has 0 spiro atoms. The zero-order valence-electron chi connectivity index (χ0n) is 10.0. The summed E-state index contributed by atoms with van der Waals surface area (Å²) in [5.41, 5.74) is 0. The van der Waals surface area contributed by atoms with Crippen LogP contribution in [-0.4, -0.2) is 47.6 Å². The zero-order valence-corrected chi connectivity index (χ0v) is 10.0. The van der Waals surface area contributed by atoms with Gasteiger partial charge in [-0.15, -0.1) is 0 Å². The summed E-state index contributed by atoms with van der Waals surface area (Å²) in [6.45, 7) is 2.10. The molecule has 2 aliphatic rings. The van der Waals surface area contributed by atoms with Gasteiger partial charge in [0.15, 0.2) is 0 Å². The number of carboxylic acids is 1. The third-order valence-electron chi connectivity index (χ3n) is 3.48. The lowest BCUT2D eigenvalue weighted by Crippen LogP contribution is -2.44. The number of carboxylic acid groups (broad SMARTS) is 1. The summed E-state index contributed by atoms with van der Waals surface area (Å²) in [5, 5.41) is 11.9. The molecule has 1 amide bonds. The van der Waals surface area contributed by atoms with Crippen molar-refractivity contribution >= 4 is 11.9 Å². The van der Waals surface area contributed by atoms with Crippen LogP contribution in [0.15, 0.2) is 0 Å². The van der Waals surface area contributed by atoms with Gasteiger partial charge >= 0.3 is 5.97 Å². The Morgan fingerprint density at radius 3 is 2.59 bits per heavy atom. The van der Waals surface area contributed by atoms with Gasteiger partial charge in [-0.05, 0) is 32.2 Å². The number of piperidine rings is 1. The van der Waals surface area contributed by atoms with Gasteiger partial charge in [-0.25, -0.2) is 0 Å². The predicted molar refractivity (Wildman–Crippen MR) is 62.6 cm³/mol. The van der Waals surface area contributed by atoms with Gasteiger partial charge in [0.2, 0.25) is 5.91 Å². The molecule has 5 heteroatoms. The zero-order chi connectivity index (χ0) is 12.3. The van der Waals surface area contributed by atoms with Crippen molar-refractivity contribution in [1.29, 1.82) is 0 Å². The summed E-state index contributed by atoms with van der Waals surface area (Å²) < 4.78 is 0. The average Bonchev–Trinajstić information content (AvgIpc) is 3.14. The summed E-state index contributed by atoms with van der Waals surface area (Å²) in [6, 6.07) is 0.309. The molecule has 0 bridgehead atoms. The average molecular weight is 240 g/mol. The van der Waals surface area contributed by atoms with E-state index in [9.17, 15) is 9.59 Å². The second-order valence-electron chi connectivity index (χ2n) is 4.95. The van der Waals surface area contributed by atoms with Crippen LogP contribution in [0.25, 0.3) is 0 Å².